The van der Waals surface area contributed by atoms with Crippen molar-refractivity contribution in [2.45, 2.75) is 19.4 Å². The average molecular weight is 234 g/mol. The molecule has 4 N–H and O–H groups in total. The molecule has 1 aromatic heterocycles. The molecule has 5 heteroatoms. The van der Waals surface area contributed by atoms with Crippen LogP contribution in [0, 0.1) is 0 Å². The van der Waals surface area contributed by atoms with Crippen LogP contribution in [0.25, 0.3) is 10.9 Å². The number of aliphatic hydroxyl groups is 1. The van der Waals surface area contributed by atoms with Gasteiger partial charge in [-0.05, 0) is 26.0 Å². The van der Waals surface area contributed by atoms with Gasteiger partial charge in [0, 0.05) is 19.0 Å². The van der Waals surface area contributed by atoms with Crippen LogP contribution in [-0.4, -0.2) is 34.5 Å². The normalized spacial score (nSPS) is 12.0. The van der Waals surface area contributed by atoms with Gasteiger partial charge in [-0.3, -0.25) is 5.10 Å². The molecule has 0 fully saturated rings. The summed E-state index contributed by atoms with van der Waals surface area (Å²) in [6.07, 6.45) is 1.74. The molecule has 1 aromatic carbocycles. The second-order valence-corrected chi connectivity index (χ2v) is 5.04. The van der Waals surface area contributed by atoms with Crippen molar-refractivity contribution < 1.29 is 5.11 Å². The van der Waals surface area contributed by atoms with E-state index in [1.54, 1.807) is 20.0 Å². The van der Waals surface area contributed by atoms with E-state index in [9.17, 15) is 5.11 Å². The molecule has 2 aromatic rings. The highest BCUT2D eigenvalue weighted by atomic mass is 16.3. The Bertz CT molecular complexity index is 527. The zero-order chi connectivity index (χ0) is 12.6. The maximum atomic E-state index is 9.81. The molecule has 5 nitrogen and oxygen atoms in total. The zero-order valence-corrected chi connectivity index (χ0v) is 10.4. The summed E-state index contributed by atoms with van der Waals surface area (Å²) >= 11 is 0. The predicted octanol–water partition coefficient (Wildman–Crippen LogP) is 1.35. The molecule has 0 unspecified atom stereocenters. The van der Waals surface area contributed by atoms with E-state index in [1.807, 2.05) is 24.1 Å². The fraction of sp³-hybridized carbons (Fsp3) is 0.417. The van der Waals surface area contributed by atoms with E-state index in [0.717, 1.165) is 16.6 Å². The number of aromatic amines is 1. The number of benzene rings is 1. The van der Waals surface area contributed by atoms with Crippen LogP contribution < -0.4 is 10.6 Å². The van der Waals surface area contributed by atoms with Crippen LogP contribution in [0.15, 0.2) is 18.3 Å². The van der Waals surface area contributed by atoms with Crippen LogP contribution in [0.4, 0.5) is 11.4 Å². The molecule has 0 bridgehead atoms. The Kier molecular flexibility index (Phi) is 2.71. The number of hydrogen-bond acceptors (Lipinski definition) is 4. The molecule has 0 saturated carbocycles. The smallest absolute Gasteiger partial charge is 0.0765 e. The van der Waals surface area contributed by atoms with Gasteiger partial charge in [-0.15, -0.1) is 0 Å². The summed E-state index contributed by atoms with van der Waals surface area (Å²) < 4.78 is 0. The quantitative estimate of drug-likeness (QED) is 0.700. The number of nitrogens with two attached hydrogens (primary N) is 1. The average Bonchev–Trinajstić information content (AvgIpc) is 2.60. The Morgan fingerprint density at radius 1 is 1.47 bits per heavy atom. The third-order valence-corrected chi connectivity index (χ3v) is 2.62. The number of rotatable bonds is 3. The Morgan fingerprint density at radius 3 is 2.82 bits per heavy atom. The van der Waals surface area contributed by atoms with Gasteiger partial charge in [0.25, 0.3) is 0 Å². The molecular weight excluding hydrogens is 216 g/mol. The standard InChI is InChI=1S/C12H18N4O/c1-12(2,17)7-16(3)11-5-10-8(4-9(11)13)6-14-15-10/h4-6,17H,7,13H2,1-3H3,(H,14,15). The first-order valence-corrected chi connectivity index (χ1v) is 5.53. The minimum atomic E-state index is -0.760. The summed E-state index contributed by atoms with van der Waals surface area (Å²) in [6, 6.07) is 3.83. The minimum absolute atomic E-state index is 0.511. The van der Waals surface area contributed by atoms with Crippen LogP contribution in [0.3, 0.4) is 0 Å². The molecule has 0 spiro atoms. The topological polar surface area (TPSA) is 78.2 Å². The van der Waals surface area contributed by atoms with Gasteiger partial charge >= 0.3 is 0 Å². The van der Waals surface area contributed by atoms with Gasteiger partial charge in [-0.25, -0.2) is 0 Å². The second-order valence-electron chi connectivity index (χ2n) is 5.04. The summed E-state index contributed by atoms with van der Waals surface area (Å²) in [6.45, 7) is 4.06. The first kappa shape index (κ1) is 11.7. The van der Waals surface area contributed by atoms with Crippen LogP contribution >= 0.6 is 0 Å². The van der Waals surface area contributed by atoms with Gasteiger partial charge < -0.3 is 15.7 Å². The Morgan fingerprint density at radius 2 is 2.18 bits per heavy atom. The third-order valence-electron chi connectivity index (χ3n) is 2.62. The Hall–Kier alpha value is -1.75. The number of fused-ring (bicyclic) bond motifs is 1. The van der Waals surface area contributed by atoms with Gasteiger partial charge in [-0.1, -0.05) is 0 Å². The Balaban J connectivity index is 2.37. The van der Waals surface area contributed by atoms with Crippen molar-refractivity contribution in [1.82, 2.24) is 10.2 Å². The molecule has 17 heavy (non-hydrogen) atoms. The monoisotopic (exact) mass is 234 g/mol. The maximum absolute atomic E-state index is 9.81. The SMILES string of the molecule is CN(CC(C)(C)O)c1cc2[nH]ncc2cc1N. The highest BCUT2D eigenvalue weighted by Crippen LogP contribution is 2.28. The number of likely N-dealkylation sites (N-methyl/N-ethyl adjacent to an activating group) is 1. The molecule has 2 rings (SSSR count). The van der Waals surface area contributed by atoms with Crippen molar-refractivity contribution >= 4 is 22.3 Å². The highest BCUT2D eigenvalue weighted by molar-refractivity contribution is 5.88. The van der Waals surface area contributed by atoms with E-state index < -0.39 is 5.60 Å². The largest absolute Gasteiger partial charge is 0.397 e. The number of nitrogens with zero attached hydrogens (tertiary/aromatic N) is 2. The van der Waals surface area contributed by atoms with Crippen molar-refractivity contribution in [1.29, 1.82) is 0 Å². The molecule has 1 heterocycles. The summed E-state index contributed by atoms with van der Waals surface area (Å²) in [5.74, 6) is 0. The summed E-state index contributed by atoms with van der Waals surface area (Å²) in [7, 11) is 1.91. The summed E-state index contributed by atoms with van der Waals surface area (Å²) in [4.78, 5) is 1.94. The van der Waals surface area contributed by atoms with Crippen LogP contribution in [0.2, 0.25) is 0 Å². The fourth-order valence-corrected chi connectivity index (χ4v) is 1.99. The van der Waals surface area contributed by atoms with Gasteiger partial charge in [0.15, 0.2) is 0 Å². The molecule has 0 aliphatic rings. The van der Waals surface area contributed by atoms with E-state index in [-0.39, 0.29) is 0 Å². The van der Waals surface area contributed by atoms with Gasteiger partial charge in [0.1, 0.15) is 0 Å². The number of anilines is 2. The van der Waals surface area contributed by atoms with Crippen LogP contribution in [0.5, 0.6) is 0 Å². The van der Waals surface area contributed by atoms with Crippen molar-refractivity contribution in [2.75, 3.05) is 24.2 Å². The molecule has 0 saturated heterocycles. The van der Waals surface area contributed by atoms with Gasteiger partial charge in [-0.2, -0.15) is 5.10 Å². The fourth-order valence-electron chi connectivity index (χ4n) is 1.99. The lowest BCUT2D eigenvalue weighted by Gasteiger charge is -2.28. The van der Waals surface area contributed by atoms with Crippen molar-refractivity contribution in [2.24, 2.45) is 0 Å². The van der Waals surface area contributed by atoms with Gasteiger partial charge in [0.05, 0.1) is 28.7 Å². The Labute approximate surface area is 100 Å². The first-order chi connectivity index (χ1) is 7.87. The maximum Gasteiger partial charge on any atom is 0.0765 e. The molecule has 92 valence electrons. The van der Waals surface area contributed by atoms with Crippen molar-refractivity contribution in [3.63, 3.8) is 0 Å². The molecular formula is C12H18N4O. The van der Waals surface area contributed by atoms with E-state index in [4.69, 9.17) is 5.73 Å². The predicted molar refractivity (Wildman–Crippen MR) is 70.1 cm³/mol. The number of nitrogens with one attached hydrogen (secondary N) is 1. The van der Waals surface area contributed by atoms with E-state index in [0.29, 0.717) is 12.2 Å². The third kappa shape index (κ3) is 2.50. The highest BCUT2D eigenvalue weighted by Gasteiger charge is 2.17. The van der Waals surface area contributed by atoms with E-state index in [2.05, 4.69) is 10.2 Å². The molecule has 0 atom stereocenters. The first-order valence-electron chi connectivity index (χ1n) is 5.53. The van der Waals surface area contributed by atoms with Crippen molar-refractivity contribution in [3.8, 4) is 0 Å². The lowest BCUT2D eigenvalue weighted by Crippen LogP contribution is -2.36. The van der Waals surface area contributed by atoms with Crippen molar-refractivity contribution in [3.05, 3.63) is 18.3 Å². The second kappa shape index (κ2) is 3.92. The number of nitrogen functional groups attached to an aromatic ring is 1. The minimum Gasteiger partial charge on any atom is -0.397 e. The van der Waals surface area contributed by atoms with E-state index in [1.165, 1.54) is 0 Å². The lowest BCUT2D eigenvalue weighted by molar-refractivity contribution is 0.0886. The molecule has 0 aliphatic heterocycles. The lowest BCUT2D eigenvalue weighted by atomic mass is 10.1. The zero-order valence-electron chi connectivity index (χ0n) is 10.4. The van der Waals surface area contributed by atoms with Crippen LogP contribution in [-0.2, 0) is 0 Å². The summed E-state index contributed by atoms with van der Waals surface area (Å²) in [5.41, 5.74) is 7.76. The molecule has 0 radical (unpaired) electrons. The van der Waals surface area contributed by atoms with E-state index >= 15 is 0 Å². The molecule has 0 amide bonds. The van der Waals surface area contributed by atoms with Crippen LogP contribution in [0.1, 0.15) is 13.8 Å². The number of aromatic nitrogens is 2. The number of H-pyrrole nitrogens is 1. The number of hydrogen-bond donors (Lipinski definition) is 3. The summed E-state index contributed by atoms with van der Waals surface area (Å²) in [5, 5.41) is 17.7. The van der Waals surface area contributed by atoms with Gasteiger partial charge in [0.2, 0.25) is 0 Å². The molecule has 0 aliphatic carbocycles.